The minimum atomic E-state index is -0.427. The second-order valence-electron chi connectivity index (χ2n) is 5.21. The third-order valence-corrected chi connectivity index (χ3v) is 3.30. The number of rotatable bonds is 3. The lowest BCUT2D eigenvalue weighted by atomic mass is 10.1. The maximum atomic E-state index is 11.6. The van der Waals surface area contributed by atoms with Gasteiger partial charge in [0, 0.05) is 32.0 Å². The van der Waals surface area contributed by atoms with Crippen LogP contribution in [-0.2, 0) is 6.42 Å². The van der Waals surface area contributed by atoms with Gasteiger partial charge in [0.2, 0.25) is 0 Å². The second kappa shape index (κ2) is 5.89. The van der Waals surface area contributed by atoms with Gasteiger partial charge in [-0.1, -0.05) is 35.5 Å². The predicted octanol–water partition coefficient (Wildman–Crippen LogP) is 3.48. The molecule has 0 saturated heterocycles. The van der Waals surface area contributed by atoms with E-state index in [-0.39, 0.29) is 0 Å². The molecule has 5 nitrogen and oxygen atoms in total. The van der Waals surface area contributed by atoms with Crippen LogP contribution >= 0.6 is 0 Å². The standard InChI is InChI=1S/C17H16N2O3/c1-19(2)17(20)21-13-8-9-14-15(18-22-16(14)11-13)10-12-6-4-3-5-7-12/h3-9,11H,10H2,1-2H3. The molecule has 3 rings (SSSR count). The lowest BCUT2D eigenvalue weighted by molar-refractivity contribution is 0.172. The first-order valence-corrected chi connectivity index (χ1v) is 6.95. The van der Waals surface area contributed by atoms with Gasteiger partial charge in [-0.15, -0.1) is 0 Å². The SMILES string of the molecule is CN(C)C(=O)Oc1ccc2c(Cc3ccccc3)noc2c1. The van der Waals surface area contributed by atoms with Crippen molar-refractivity contribution in [2.45, 2.75) is 6.42 Å². The van der Waals surface area contributed by atoms with Crippen molar-refractivity contribution in [3.8, 4) is 5.75 Å². The molecule has 0 bridgehead atoms. The van der Waals surface area contributed by atoms with Crippen molar-refractivity contribution in [2.75, 3.05) is 14.1 Å². The minimum absolute atomic E-state index is 0.427. The average molecular weight is 296 g/mol. The van der Waals surface area contributed by atoms with Gasteiger partial charge in [0.15, 0.2) is 5.58 Å². The van der Waals surface area contributed by atoms with Crippen LogP contribution in [0, 0.1) is 0 Å². The first-order valence-electron chi connectivity index (χ1n) is 6.95. The summed E-state index contributed by atoms with van der Waals surface area (Å²) in [5.74, 6) is 0.439. The van der Waals surface area contributed by atoms with Crippen LogP contribution in [0.3, 0.4) is 0 Å². The van der Waals surface area contributed by atoms with Gasteiger partial charge in [-0.2, -0.15) is 0 Å². The van der Waals surface area contributed by atoms with Gasteiger partial charge < -0.3 is 14.2 Å². The molecule has 0 spiro atoms. The molecule has 112 valence electrons. The molecule has 0 unspecified atom stereocenters. The van der Waals surface area contributed by atoms with E-state index in [1.54, 1.807) is 26.2 Å². The van der Waals surface area contributed by atoms with Crippen molar-refractivity contribution < 1.29 is 14.1 Å². The molecule has 22 heavy (non-hydrogen) atoms. The number of hydrogen-bond donors (Lipinski definition) is 0. The van der Waals surface area contributed by atoms with E-state index in [9.17, 15) is 4.79 Å². The number of hydrogen-bond acceptors (Lipinski definition) is 4. The van der Waals surface area contributed by atoms with E-state index < -0.39 is 6.09 Å². The summed E-state index contributed by atoms with van der Waals surface area (Å²) in [4.78, 5) is 12.9. The maximum Gasteiger partial charge on any atom is 0.414 e. The number of carbonyl (C=O) groups is 1. The molecule has 0 fully saturated rings. The third-order valence-electron chi connectivity index (χ3n) is 3.30. The van der Waals surface area contributed by atoms with Crippen LogP contribution in [0.25, 0.3) is 11.0 Å². The molecular weight excluding hydrogens is 280 g/mol. The number of ether oxygens (including phenoxy) is 1. The molecule has 0 aliphatic heterocycles. The number of carbonyl (C=O) groups excluding carboxylic acids is 1. The van der Waals surface area contributed by atoms with Gasteiger partial charge in [0.1, 0.15) is 5.75 Å². The van der Waals surface area contributed by atoms with Crippen molar-refractivity contribution in [1.29, 1.82) is 0 Å². The Hall–Kier alpha value is -2.82. The van der Waals surface area contributed by atoms with E-state index in [0.717, 1.165) is 11.1 Å². The fourth-order valence-corrected chi connectivity index (χ4v) is 2.14. The topological polar surface area (TPSA) is 55.6 Å². The Kier molecular flexibility index (Phi) is 3.78. The quantitative estimate of drug-likeness (QED) is 0.742. The number of amides is 1. The van der Waals surface area contributed by atoms with Crippen LogP contribution < -0.4 is 4.74 Å². The molecule has 0 saturated carbocycles. The van der Waals surface area contributed by atoms with E-state index in [4.69, 9.17) is 9.26 Å². The van der Waals surface area contributed by atoms with Crippen LogP contribution in [0.15, 0.2) is 53.1 Å². The van der Waals surface area contributed by atoms with Crippen LogP contribution in [0.5, 0.6) is 5.75 Å². The van der Waals surface area contributed by atoms with Crippen LogP contribution in [0.1, 0.15) is 11.3 Å². The molecule has 3 aromatic rings. The monoisotopic (exact) mass is 296 g/mol. The molecule has 5 heteroatoms. The zero-order valence-corrected chi connectivity index (χ0v) is 12.4. The number of aromatic nitrogens is 1. The van der Waals surface area contributed by atoms with Crippen molar-refractivity contribution in [2.24, 2.45) is 0 Å². The van der Waals surface area contributed by atoms with E-state index in [0.29, 0.717) is 17.8 Å². The van der Waals surface area contributed by atoms with Crippen LogP contribution in [0.2, 0.25) is 0 Å². The summed E-state index contributed by atoms with van der Waals surface area (Å²) < 4.78 is 10.6. The summed E-state index contributed by atoms with van der Waals surface area (Å²) in [6.45, 7) is 0. The molecule has 0 aliphatic carbocycles. The van der Waals surface area contributed by atoms with Crippen molar-refractivity contribution in [3.63, 3.8) is 0 Å². The lowest BCUT2D eigenvalue weighted by Crippen LogP contribution is -2.25. The summed E-state index contributed by atoms with van der Waals surface area (Å²) in [5, 5.41) is 5.04. The Bertz CT molecular complexity index is 794. The van der Waals surface area contributed by atoms with Gasteiger partial charge in [0.05, 0.1) is 5.69 Å². The molecule has 0 N–H and O–H groups in total. The number of nitrogens with zero attached hydrogens (tertiary/aromatic N) is 2. The Morgan fingerprint density at radius 1 is 1.18 bits per heavy atom. The molecule has 1 amide bonds. The normalized spacial score (nSPS) is 10.6. The minimum Gasteiger partial charge on any atom is -0.410 e. The van der Waals surface area contributed by atoms with Gasteiger partial charge in [0.25, 0.3) is 0 Å². The molecule has 0 radical (unpaired) electrons. The summed E-state index contributed by atoms with van der Waals surface area (Å²) in [7, 11) is 3.26. The maximum absolute atomic E-state index is 11.6. The molecule has 0 atom stereocenters. The summed E-state index contributed by atoms with van der Waals surface area (Å²) in [5.41, 5.74) is 2.64. The fraction of sp³-hybridized carbons (Fsp3) is 0.176. The van der Waals surface area contributed by atoms with Crippen molar-refractivity contribution >= 4 is 17.1 Å². The largest absolute Gasteiger partial charge is 0.414 e. The zero-order valence-electron chi connectivity index (χ0n) is 12.4. The van der Waals surface area contributed by atoms with E-state index in [1.165, 1.54) is 10.5 Å². The predicted molar refractivity (Wildman–Crippen MR) is 83.0 cm³/mol. The smallest absolute Gasteiger partial charge is 0.410 e. The summed E-state index contributed by atoms with van der Waals surface area (Å²) in [6.07, 6.45) is 0.272. The Balaban J connectivity index is 1.85. The van der Waals surface area contributed by atoms with Gasteiger partial charge >= 0.3 is 6.09 Å². The summed E-state index contributed by atoms with van der Waals surface area (Å²) in [6, 6.07) is 15.4. The van der Waals surface area contributed by atoms with Crippen LogP contribution in [0.4, 0.5) is 4.79 Å². The van der Waals surface area contributed by atoms with Crippen LogP contribution in [-0.4, -0.2) is 30.2 Å². The van der Waals surface area contributed by atoms with Crippen molar-refractivity contribution in [3.05, 3.63) is 59.8 Å². The number of benzene rings is 2. The Morgan fingerprint density at radius 3 is 2.68 bits per heavy atom. The van der Waals surface area contributed by atoms with Gasteiger partial charge in [-0.05, 0) is 17.7 Å². The molecular formula is C17H16N2O3. The van der Waals surface area contributed by atoms with Crippen molar-refractivity contribution in [1.82, 2.24) is 10.1 Å². The van der Waals surface area contributed by atoms with E-state index in [2.05, 4.69) is 5.16 Å². The highest BCUT2D eigenvalue weighted by Crippen LogP contribution is 2.25. The zero-order chi connectivity index (χ0) is 15.5. The molecule has 1 heterocycles. The van der Waals surface area contributed by atoms with Gasteiger partial charge in [-0.25, -0.2) is 4.79 Å². The first-order chi connectivity index (χ1) is 10.6. The lowest BCUT2D eigenvalue weighted by Gasteiger charge is -2.10. The average Bonchev–Trinajstić information content (AvgIpc) is 2.90. The molecule has 1 aromatic heterocycles. The third kappa shape index (κ3) is 2.93. The Labute approximate surface area is 128 Å². The van der Waals surface area contributed by atoms with E-state index in [1.807, 2.05) is 36.4 Å². The Morgan fingerprint density at radius 2 is 1.95 bits per heavy atom. The van der Waals surface area contributed by atoms with Gasteiger partial charge in [-0.3, -0.25) is 0 Å². The number of fused-ring (bicyclic) bond motifs is 1. The van der Waals surface area contributed by atoms with E-state index >= 15 is 0 Å². The first kappa shape index (κ1) is 14.1. The highest BCUT2D eigenvalue weighted by Gasteiger charge is 2.12. The second-order valence-corrected chi connectivity index (χ2v) is 5.21. The summed E-state index contributed by atoms with van der Waals surface area (Å²) >= 11 is 0. The highest BCUT2D eigenvalue weighted by atomic mass is 16.6. The fourth-order valence-electron chi connectivity index (χ4n) is 2.14. The highest BCUT2D eigenvalue weighted by molar-refractivity contribution is 5.82. The molecule has 2 aromatic carbocycles. The molecule has 0 aliphatic rings.